The lowest BCUT2D eigenvalue weighted by Crippen LogP contribution is -2.29. The van der Waals surface area contributed by atoms with E-state index in [0.717, 1.165) is 28.4 Å². The zero-order valence-electron chi connectivity index (χ0n) is 12.7. The highest BCUT2D eigenvalue weighted by molar-refractivity contribution is 6.35. The van der Waals surface area contributed by atoms with Gasteiger partial charge in [-0.25, -0.2) is 0 Å². The summed E-state index contributed by atoms with van der Waals surface area (Å²) in [6, 6.07) is 12.2. The van der Waals surface area contributed by atoms with Gasteiger partial charge in [-0.1, -0.05) is 53.6 Å². The van der Waals surface area contributed by atoms with Crippen molar-refractivity contribution < 1.29 is 4.74 Å². The van der Waals surface area contributed by atoms with E-state index in [-0.39, 0.29) is 6.04 Å². The summed E-state index contributed by atoms with van der Waals surface area (Å²) in [5.41, 5.74) is 3.35. The van der Waals surface area contributed by atoms with Crippen LogP contribution < -0.4 is 10.1 Å². The second kappa shape index (κ2) is 5.77. The fourth-order valence-corrected chi connectivity index (χ4v) is 4.49. The van der Waals surface area contributed by atoms with Crippen molar-refractivity contribution in [3.63, 3.8) is 0 Å². The van der Waals surface area contributed by atoms with E-state index in [1.54, 1.807) is 7.11 Å². The van der Waals surface area contributed by atoms with E-state index in [1.165, 1.54) is 5.56 Å². The molecular formula is C19H17Cl2NO. The van der Waals surface area contributed by atoms with Crippen LogP contribution >= 0.6 is 23.2 Å². The van der Waals surface area contributed by atoms with Gasteiger partial charge in [-0.15, -0.1) is 0 Å². The Bertz CT molecular complexity index is 787. The number of benzene rings is 2. The molecule has 1 heterocycles. The summed E-state index contributed by atoms with van der Waals surface area (Å²) in [4.78, 5) is 0. The van der Waals surface area contributed by atoms with Crippen LogP contribution in [0.5, 0.6) is 5.75 Å². The first-order chi connectivity index (χ1) is 11.2. The Balaban J connectivity index is 1.85. The maximum Gasteiger partial charge on any atom is 0.124 e. The standard InChI is InChI=1S/C19H17Cl2NO/c1-23-17-8-3-2-5-14(17)19-13-7-4-6-12(13)18-15(21)9-11(20)10-16(18)22-19/h2-6,8-10,12-13,19,22H,7H2,1H3/t12-,13+,19+/m0/s1. The maximum absolute atomic E-state index is 6.48. The SMILES string of the molecule is COc1ccccc1[C@@H]1Nc2cc(Cl)cc(Cl)c2[C@H]2C=CC[C@H]21. The highest BCUT2D eigenvalue weighted by Gasteiger charge is 2.40. The first kappa shape index (κ1) is 14.9. The molecule has 0 saturated carbocycles. The molecule has 23 heavy (non-hydrogen) atoms. The van der Waals surface area contributed by atoms with Gasteiger partial charge in [0.2, 0.25) is 0 Å². The Hall–Kier alpha value is -1.64. The molecule has 4 heteroatoms. The summed E-state index contributed by atoms with van der Waals surface area (Å²) in [6.45, 7) is 0. The van der Waals surface area contributed by atoms with Crippen molar-refractivity contribution in [3.8, 4) is 5.75 Å². The van der Waals surface area contributed by atoms with Crippen LogP contribution in [-0.4, -0.2) is 7.11 Å². The largest absolute Gasteiger partial charge is 0.496 e. The Morgan fingerprint density at radius 3 is 2.83 bits per heavy atom. The van der Waals surface area contributed by atoms with E-state index in [2.05, 4.69) is 29.6 Å². The Kier molecular flexibility index (Phi) is 3.74. The van der Waals surface area contributed by atoms with Gasteiger partial charge in [0.1, 0.15) is 5.75 Å². The van der Waals surface area contributed by atoms with Crippen LogP contribution in [0.4, 0.5) is 5.69 Å². The van der Waals surface area contributed by atoms with Gasteiger partial charge in [-0.2, -0.15) is 0 Å². The number of rotatable bonds is 2. The van der Waals surface area contributed by atoms with Gasteiger partial charge in [0, 0.05) is 32.8 Å². The molecule has 3 atom stereocenters. The lowest BCUT2D eigenvalue weighted by atomic mass is 9.77. The van der Waals surface area contributed by atoms with Gasteiger partial charge in [-0.05, 0) is 30.5 Å². The number of nitrogens with one attached hydrogen (secondary N) is 1. The Morgan fingerprint density at radius 2 is 2.00 bits per heavy atom. The third kappa shape index (κ3) is 2.41. The van der Waals surface area contributed by atoms with Crippen LogP contribution in [0, 0.1) is 5.92 Å². The number of anilines is 1. The summed E-state index contributed by atoms with van der Waals surface area (Å²) in [7, 11) is 1.72. The lowest BCUT2D eigenvalue weighted by molar-refractivity contribution is 0.381. The van der Waals surface area contributed by atoms with E-state index in [0.29, 0.717) is 16.9 Å². The monoisotopic (exact) mass is 345 g/mol. The van der Waals surface area contributed by atoms with Gasteiger partial charge >= 0.3 is 0 Å². The molecule has 0 fully saturated rings. The second-order valence-corrected chi connectivity index (χ2v) is 6.91. The van der Waals surface area contributed by atoms with Crippen LogP contribution in [0.3, 0.4) is 0 Å². The van der Waals surface area contributed by atoms with Crippen LogP contribution in [0.1, 0.15) is 29.5 Å². The molecule has 2 aliphatic rings. The number of allylic oxidation sites excluding steroid dienone is 2. The van der Waals surface area contributed by atoms with Crippen molar-refractivity contribution in [1.82, 2.24) is 0 Å². The zero-order chi connectivity index (χ0) is 16.0. The topological polar surface area (TPSA) is 21.3 Å². The van der Waals surface area contributed by atoms with Gasteiger partial charge < -0.3 is 10.1 Å². The van der Waals surface area contributed by atoms with E-state index in [4.69, 9.17) is 27.9 Å². The molecule has 2 aromatic carbocycles. The van der Waals surface area contributed by atoms with Gasteiger partial charge in [-0.3, -0.25) is 0 Å². The predicted molar refractivity (Wildman–Crippen MR) is 95.8 cm³/mol. The molecule has 0 amide bonds. The van der Waals surface area contributed by atoms with Crippen LogP contribution in [0.15, 0.2) is 48.6 Å². The average molecular weight is 346 g/mol. The summed E-state index contributed by atoms with van der Waals surface area (Å²) in [5.74, 6) is 1.65. The quantitative estimate of drug-likeness (QED) is 0.691. The van der Waals surface area contributed by atoms with Crippen LogP contribution in [-0.2, 0) is 0 Å². The van der Waals surface area contributed by atoms with E-state index >= 15 is 0 Å². The van der Waals surface area contributed by atoms with E-state index in [9.17, 15) is 0 Å². The highest BCUT2D eigenvalue weighted by atomic mass is 35.5. The number of fused-ring (bicyclic) bond motifs is 3. The highest BCUT2D eigenvalue weighted by Crippen LogP contribution is 2.53. The van der Waals surface area contributed by atoms with Crippen molar-refractivity contribution in [2.45, 2.75) is 18.4 Å². The van der Waals surface area contributed by atoms with Crippen molar-refractivity contribution in [2.75, 3.05) is 12.4 Å². The molecule has 0 unspecified atom stereocenters. The molecule has 0 aromatic heterocycles. The van der Waals surface area contributed by atoms with Crippen molar-refractivity contribution in [2.24, 2.45) is 5.92 Å². The number of methoxy groups -OCH3 is 1. The minimum Gasteiger partial charge on any atom is -0.496 e. The number of para-hydroxylation sites is 1. The minimum absolute atomic E-state index is 0.174. The van der Waals surface area contributed by atoms with Crippen LogP contribution in [0.25, 0.3) is 0 Å². The van der Waals surface area contributed by atoms with Crippen molar-refractivity contribution >= 4 is 28.9 Å². The fourth-order valence-electron chi connectivity index (χ4n) is 3.87. The van der Waals surface area contributed by atoms with Crippen molar-refractivity contribution in [1.29, 1.82) is 0 Å². The smallest absolute Gasteiger partial charge is 0.124 e. The third-order valence-electron chi connectivity index (χ3n) is 4.85. The van der Waals surface area contributed by atoms with Crippen LogP contribution in [0.2, 0.25) is 10.0 Å². The van der Waals surface area contributed by atoms with Gasteiger partial charge in [0.25, 0.3) is 0 Å². The van der Waals surface area contributed by atoms with E-state index in [1.807, 2.05) is 24.3 Å². The number of halogens is 2. The molecule has 1 N–H and O–H groups in total. The lowest BCUT2D eigenvalue weighted by Gasteiger charge is -2.38. The average Bonchev–Trinajstić information content (AvgIpc) is 3.02. The van der Waals surface area contributed by atoms with Gasteiger partial charge in [0.05, 0.1) is 13.2 Å². The molecule has 4 rings (SSSR count). The Labute approximate surface area is 146 Å². The molecule has 118 valence electrons. The summed E-state index contributed by atoms with van der Waals surface area (Å²) >= 11 is 12.7. The third-order valence-corrected chi connectivity index (χ3v) is 5.38. The van der Waals surface area contributed by atoms with E-state index < -0.39 is 0 Å². The fraction of sp³-hybridized carbons (Fsp3) is 0.263. The first-order valence-corrected chi connectivity index (χ1v) is 8.49. The number of ether oxygens (including phenoxy) is 1. The zero-order valence-corrected chi connectivity index (χ0v) is 14.2. The molecule has 0 saturated heterocycles. The van der Waals surface area contributed by atoms with Crippen molar-refractivity contribution in [3.05, 3.63) is 69.7 Å². The molecule has 2 aromatic rings. The molecular weight excluding hydrogens is 329 g/mol. The first-order valence-electron chi connectivity index (χ1n) is 7.74. The minimum atomic E-state index is 0.174. The summed E-state index contributed by atoms with van der Waals surface area (Å²) in [6.07, 6.45) is 5.55. The molecule has 0 spiro atoms. The molecule has 1 aliphatic carbocycles. The maximum atomic E-state index is 6.48. The Morgan fingerprint density at radius 1 is 1.17 bits per heavy atom. The molecule has 1 aliphatic heterocycles. The number of hydrogen-bond acceptors (Lipinski definition) is 2. The normalized spacial score (nSPS) is 24.7. The van der Waals surface area contributed by atoms with Gasteiger partial charge in [0.15, 0.2) is 0 Å². The molecule has 2 nitrogen and oxygen atoms in total. The summed E-state index contributed by atoms with van der Waals surface area (Å²) < 4.78 is 5.57. The molecule has 0 bridgehead atoms. The number of hydrogen-bond donors (Lipinski definition) is 1. The second-order valence-electron chi connectivity index (χ2n) is 6.07. The molecule has 0 radical (unpaired) electrons. The summed E-state index contributed by atoms with van der Waals surface area (Å²) in [5, 5.41) is 5.04. The predicted octanol–water partition coefficient (Wildman–Crippen LogP) is 5.83.